The Kier molecular flexibility index (Phi) is 4.39. The molecule has 0 saturated heterocycles. The van der Waals surface area contributed by atoms with Crippen LogP contribution in [0.25, 0.3) is 0 Å². The highest BCUT2D eigenvalue weighted by Gasteiger charge is 2.10. The second-order valence-electron chi connectivity index (χ2n) is 4.24. The van der Waals surface area contributed by atoms with Crippen LogP contribution in [0.1, 0.15) is 19.3 Å². The Bertz CT molecular complexity index is 393. The van der Waals surface area contributed by atoms with Crippen molar-refractivity contribution in [2.24, 2.45) is 5.73 Å². The minimum absolute atomic E-state index is 0.736. The van der Waals surface area contributed by atoms with E-state index in [1.165, 1.54) is 11.4 Å². The summed E-state index contributed by atoms with van der Waals surface area (Å²) in [6, 6.07) is 10.5. The Morgan fingerprint density at radius 3 is 2.59 bits per heavy atom. The van der Waals surface area contributed by atoms with Gasteiger partial charge in [-0.15, -0.1) is 0 Å². The lowest BCUT2D eigenvalue weighted by atomic mass is 10.1. The van der Waals surface area contributed by atoms with Crippen molar-refractivity contribution in [3.63, 3.8) is 0 Å². The van der Waals surface area contributed by atoms with Gasteiger partial charge in [0, 0.05) is 17.9 Å². The van der Waals surface area contributed by atoms with Crippen LogP contribution >= 0.6 is 0 Å². The molecule has 0 aromatic heterocycles. The number of anilines is 1. The fraction of sp³-hybridized carbons (Fsp3) is 0.333. The fourth-order valence-corrected chi connectivity index (χ4v) is 2.06. The summed E-state index contributed by atoms with van der Waals surface area (Å²) >= 11 is 0. The number of hydrogen-bond acceptors (Lipinski definition) is 2. The van der Waals surface area contributed by atoms with Crippen LogP contribution in [-0.2, 0) is 0 Å². The maximum atomic E-state index is 5.62. The highest BCUT2D eigenvalue weighted by atomic mass is 15.1. The van der Waals surface area contributed by atoms with Gasteiger partial charge in [-0.05, 0) is 44.0 Å². The number of benzene rings is 1. The average Bonchev–Trinajstić information content (AvgIpc) is 2.42. The van der Waals surface area contributed by atoms with Crippen LogP contribution < -0.4 is 10.6 Å². The maximum absolute atomic E-state index is 5.62. The predicted octanol–water partition coefficient (Wildman–Crippen LogP) is 3.08. The molecule has 0 heterocycles. The van der Waals surface area contributed by atoms with Crippen LogP contribution in [0.2, 0.25) is 0 Å². The first-order valence-corrected chi connectivity index (χ1v) is 6.31. The second-order valence-corrected chi connectivity index (χ2v) is 4.24. The van der Waals surface area contributed by atoms with Crippen molar-refractivity contribution in [1.29, 1.82) is 0 Å². The first kappa shape index (κ1) is 11.9. The third-order valence-electron chi connectivity index (χ3n) is 2.94. The molecule has 1 aromatic carbocycles. The highest BCUT2D eigenvalue weighted by molar-refractivity contribution is 5.54. The van der Waals surface area contributed by atoms with Gasteiger partial charge >= 0.3 is 0 Å². The molecule has 0 radical (unpaired) electrons. The van der Waals surface area contributed by atoms with Gasteiger partial charge in [-0.2, -0.15) is 0 Å². The largest absolute Gasteiger partial charge is 0.342 e. The Morgan fingerprint density at radius 1 is 1.12 bits per heavy atom. The predicted molar refractivity (Wildman–Crippen MR) is 73.9 cm³/mol. The molecule has 0 atom stereocenters. The van der Waals surface area contributed by atoms with Gasteiger partial charge in [0.05, 0.1) is 0 Å². The zero-order valence-corrected chi connectivity index (χ0v) is 10.2. The molecular weight excluding hydrogens is 208 g/mol. The summed E-state index contributed by atoms with van der Waals surface area (Å²) in [5.74, 6) is 0. The van der Waals surface area contributed by atoms with Crippen LogP contribution in [0.4, 0.5) is 5.69 Å². The lowest BCUT2D eigenvalue weighted by Gasteiger charge is -2.27. The van der Waals surface area contributed by atoms with Crippen LogP contribution in [0.5, 0.6) is 0 Å². The summed E-state index contributed by atoms with van der Waals surface area (Å²) < 4.78 is 0. The number of rotatable bonds is 5. The van der Waals surface area contributed by atoms with Crippen molar-refractivity contribution in [3.05, 3.63) is 54.3 Å². The van der Waals surface area contributed by atoms with Gasteiger partial charge in [0.25, 0.3) is 0 Å². The molecule has 1 aliphatic carbocycles. The van der Waals surface area contributed by atoms with E-state index >= 15 is 0 Å². The molecule has 0 aliphatic heterocycles. The van der Waals surface area contributed by atoms with Crippen molar-refractivity contribution >= 4 is 5.69 Å². The average molecular weight is 228 g/mol. The molecule has 90 valence electrons. The summed E-state index contributed by atoms with van der Waals surface area (Å²) in [4.78, 5) is 2.35. The molecule has 2 rings (SSSR count). The van der Waals surface area contributed by atoms with Gasteiger partial charge < -0.3 is 10.6 Å². The Labute approximate surface area is 103 Å². The molecule has 0 saturated carbocycles. The Balaban J connectivity index is 2.19. The molecule has 2 nitrogen and oxygen atoms in total. The van der Waals surface area contributed by atoms with Gasteiger partial charge in [0.2, 0.25) is 0 Å². The number of hydrogen-bond donors (Lipinski definition) is 1. The molecule has 1 aromatic rings. The van der Waals surface area contributed by atoms with Crippen molar-refractivity contribution in [2.45, 2.75) is 19.3 Å². The highest BCUT2D eigenvalue weighted by Crippen LogP contribution is 2.22. The molecule has 0 bridgehead atoms. The van der Waals surface area contributed by atoms with Gasteiger partial charge in [0.1, 0.15) is 0 Å². The van der Waals surface area contributed by atoms with E-state index in [0.717, 1.165) is 32.4 Å². The summed E-state index contributed by atoms with van der Waals surface area (Å²) in [5.41, 5.74) is 8.17. The standard InChI is InChI=1S/C15H20N2/c16-12-7-13-17(14-8-3-1-4-9-14)15-10-5-2-6-11-15/h1,3-5,8-11H,2,6-7,12-13,16H2. The minimum atomic E-state index is 0.736. The lowest BCUT2D eigenvalue weighted by molar-refractivity contribution is 0.795. The van der Waals surface area contributed by atoms with E-state index in [-0.39, 0.29) is 0 Å². The van der Waals surface area contributed by atoms with Crippen molar-refractivity contribution < 1.29 is 0 Å². The van der Waals surface area contributed by atoms with Gasteiger partial charge in [-0.25, -0.2) is 0 Å². The normalized spacial score (nSPS) is 14.5. The fourth-order valence-electron chi connectivity index (χ4n) is 2.06. The summed E-state index contributed by atoms with van der Waals surface area (Å²) in [6.45, 7) is 1.72. The molecular formula is C15H20N2. The van der Waals surface area contributed by atoms with E-state index in [2.05, 4.69) is 53.5 Å². The first-order chi connectivity index (χ1) is 8.42. The minimum Gasteiger partial charge on any atom is -0.342 e. The summed E-state index contributed by atoms with van der Waals surface area (Å²) in [5, 5.41) is 0. The van der Waals surface area contributed by atoms with E-state index in [1.807, 2.05) is 0 Å². The molecule has 0 unspecified atom stereocenters. The van der Waals surface area contributed by atoms with Gasteiger partial charge in [0.15, 0.2) is 0 Å². The Hall–Kier alpha value is -1.54. The zero-order valence-electron chi connectivity index (χ0n) is 10.2. The van der Waals surface area contributed by atoms with Gasteiger partial charge in [-0.3, -0.25) is 0 Å². The van der Waals surface area contributed by atoms with Crippen LogP contribution in [-0.4, -0.2) is 13.1 Å². The van der Waals surface area contributed by atoms with Crippen molar-refractivity contribution in [3.8, 4) is 0 Å². The molecule has 2 heteroatoms. The maximum Gasteiger partial charge on any atom is 0.0410 e. The smallest absolute Gasteiger partial charge is 0.0410 e. The second kappa shape index (κ2) is 6.26. The zero-order chi connectivity index (χ0) is 11.9. The van der Waals surface area contributed by atoms with E-state index in [0.29, 0.717) is 0 Å². The summed E-state index contributed by atoms with van der Waals surface area (Å²) in [6.07, 6.45) is 10.1. The van der Waals surface area contributed by atoms with E-state index in [1.54, 1.807) is 0 Å². The van der Waals surface area contributed by atoms with Crippen LogP contribution in [0.3, 0.4) is 0 Å². The molecule has 1 aliphatic rings. The molecule has 0 amide bonds. The third-order valence-corrected chi connectivity index (χ3v) is 2.94. The topological polar surface area (TPSA) is 29.3 Å². The molecule has 17 heavy (non-hydrogen) atoms. The third kappa shape index (κ3) is 3.21. The molecule has 0 fully saturated rings. The van der Waals surface area contributed by atoms with Crippen molar-refractivity contribution in [1.82, 2.24) is 0 Å². The summed E-state index contributed by atoms with van der Waals surface area (Å²) in [7, 11) is 0. The number of allylic oxidation sites excluding steroid dienone is 3. The van der Waals surface area contributed by atoms with Crippen LogP contribution in [0.15, 0.2) is 54.3 Å². The molecule has 0 spiro atoms. The van der Waals surface area contributed by atoms with Crippen molar-refractivity contribution in [2.75, 3.05) is 18.0 Å². The first-order valence-electron chi connectivity index (χ1n) is 6.31. The SMILES string of the molecule is NCCCN(C1=CCCC=C1)c1ccccc1. The van der Waals surface area contributed by atoms with E-state index in [4.69, 9.17) is 5.73 Å². The quantitative estimate of drug-likeness (QED) is 0.839. The lowest BCUT2D eigenvalue weighted by Crippen LogP contribution is -2.25. The monoisotopic (exact) mass is 228 g/mol. The van der Waals surface area contributed by atoms with E-state index < -0.39 is 0 Å². The Morgan fingerprint density at radius 2 is 1.94 bits per heavy atom. The van der Waals surface area contributed by atoms with Gasteiger partial charge in [-0.1, -0.05) is 30.4 Å². The van der Waals surface area contributed by atoms with E-state index in [9.17, 15) is 0 Å². The van der Waals surface area contributed by atoms with Crippen LogP contribution in [0, 0.1) is 0 Å². The number of nitrogens with two attached hydrogens (primary N) is 1. The number of nitrogens with zero attached hydrogens (tertiary/aromatic N) is 1. The molecule has 2 N–H and O–H groups in total. The number of para-hydroxylation sites is 1.